The van der Waals surface area contributed by atoms with Crippen molar-refractivity contribution in [1.82, 2.24) is 15.3 Å². The van der Waals surface area contributed by atoms with Crippen molar-refractivity contribution < 1.29 is 4.79 Å². The van der Waals surface area contributed by atoms with E-state index < -0.39 is 0 Å². The standard InChI is InChI=1S/C14H9N5OS2/c20-13-11(4-9-5-15-6-21-9)18-14(19-13)17-8-1-2-10-12(3-8)22-7-16-10/h1-7H,(H2,17,18,19,20). The van der Waals surface area contributed by atoms with Gasteiger partial charge < -0.3 is 5.32 Å². The molecule has 2 aromatic heterocycles. The summed E-state index contributed by atoms with van der Waals surface area (Å²) in [5.74, 6) is 0.194. The van der Waals surface area contributed by atoms with Gasteiger partial charge >= 0.3 is 0 Å². The molecule has 4 rings (SSSR count). The lowest BCUT2D eigenvalue weighted by Gasteiger charge is -2.04. The Morgan fingerprint density at radius 2 is 2.18 bits per heavy atom. The van der Waals surface area contributed by atoms with Crippen molar-refractivity contribution in [2.75, 3.05) is 5.32 Å². The number of thiazole rings is 2. The fourth-order valence-corrected chi connectivity index (χ4v) is 3.29. The molecule has 2 N–H and O–H groups in total. The van der Waals surface area contributed by atoms with Gasteiger partial charge in [0.2, 0.25) is 5.96 Å². The fraction of sp³-hybridized carbons (Fsp3) is 0. The van der Waals surface area contributed by atoms with Crippen molar-refractivity contribution in [1.29, 1.82) is 0 Å². The second-order valence-electron chi connectivity index (χ2n) is 4.51. The molecule has 0 bridgehead atoms. The topological polar surface area (TPSA) is 79.3 Å². The van der Waals surface area contributed by atoms with Gasteiger partial charge in [-0.25, -0.2) is 9.98 Å². The SMILES string of the molecule is O=C1NC(Nc2ccc3ncsc3c2)=NC1=Cc1cncs1. The highest BCUT2D eigenvalue weighted by atomic mass is 32.1. The Labute approximate surface area is 133 Å². The molecule has 0 saturated heterocycles. The van der Waals surface area contributed by atoms with E-state index in [0.717, 1.165) is 20.8 Å². The van der Waals surface area contributed by atoms with Crippen LogP contribution >= 0.6 is 22.7 Å². The molecule has 0 aliphatic carbocycles. The smallest absolute Gasteiger partial charge is 0.276 e. The van der Waals surface area contributed by atoms with Crippen molar-refractivity contribution >= 4 is 56.5 Å². The molecule has 22 heavy (non-hydrogen) atoms. The van der Waals surface area contributed by atoms with Crippen molar-refractivity contribution in [2.45, 2.75) is 0 Å². The van der Waals surface area contributed by atoms with Gasteiger partial charge in [0.05, 0.1) is 21.2 Å². The van der Waals surface area contributed by atoms with Gasteiger partial charge in [-0.3, -0.25) is 15.1 Å². The Balaban J connectivity index is 1.59. The number of anilines is 1. The second kappa shape index (κ2) is 5.32. The van der Waals surface area contributed by atoms with Crippen molar-refractivity contribution in [3.05, 3.63) is 46.0 Å². The third-order valence-corrected chi connectivity index (χ3v) is 4.54. The summed E-state index contributed by atoms with van der Waals surface area (Å²) in [5, 5.41) is 5.82. The van der Waals surface area contributed by atoms with Gasteiger partial charge in [-0.2, -0.15) is 0 Å². The number of amides is 1. The predicted molar refractivity (Wildman–Crippen MR) is 88.9 cm³/mol. The predicted octanol–water partition coefficient (Wildman–Crippen LogP) is 2.69. The molecule has 1 aromatic carbocycles. The van der Waals surface area contributed by atoms with Gasteiger partial charge in [0.15, 0.2) is 0 Å². The van der Waals surface area contributed by atoms with Crippen LogP contribution in [0, 0.1) is 0 Å². The monoisotopic (exact) mass is 327 g/mol. The molecular formula is C14H9N5OS2. The Hall–Kier alpha value is -2.58. The number of aromatic nitrogens is 2. The van der Waals surface area contributed by atoms with Crippen molar-refractivity contribution in [2.24, 2.45) is 4.99 Å². The summed E-state index contributed by atoms with van der Waals surface area (Å²) >= 11 is 3.02. The Morgan fingerprint density at radius 3 is 3.05 bits per heavy atom. The van der Waals surface area contributed by atoms with E-state index in [1.165, 1.54) is 11.3 Å². The first-order valence-corrected chi connectivity index (χ1v) is 8.14. The van der Waals surface area contributed by atoms with E-state index in [0.29, 0.717) is 11.7 Å². The van der Waals surface area contributed by atoms with E-state index in [1.54, 1.807) is 34.6 Å². The van der Waals surface area contributed by atoms with E-state index in [2.05, 4.69) is 25.6 Å². The third kappa shape index (κ3) is 2.49. The summed E-state index contributed by atoms with van der Waals surface area (Å²) in [6, 6.07) is 5.81. The number of rotatable bonds is 2. The highest BCUT2D eigenvalue weighted by molar-refractivity contribution is 7.16. The molecule has 0 radical (unpaired) electrons. The first kappa shape index (κ1) is 13.1. The van der Waals surface area contributed by atoms with Crippen LogP contribution in [0.4, 0.5) is 5.69 Å². The molecule has 0 spiro atoms. The van der Waals surface area contributed by atoms with Crippen LogP contribution in [-0.2, 0) is 4.79 Å². The van der Waals surface area contributed by atoms with Gasteiger partial charge in [-0.15, -0.1) is 22.7 Å². The molecule has 6 nitrogen and oxygen atoms in total. The highest BCUT2D eigenvalue weighted by Crippen LogP contribution is 2.22. The first-order chi connectivity index (χ1) is 10.8. The minimum atomic E-state index is -0.227. The lowest BCUT2D eigenvalue weighted by atomic mass is 10.3. The van der Waals surface area contributed by atoms with Crippen molar-refractivity contribution in [3.63, 3.8) is 0 Å². The number of nitrogens with zero attached hydrogens (tertiary/aromatic N) is 3. The summed E-state index contributed by atoms with van der Waals surface area (Å²) < 4.78 is 1.08. The molecule has 0 atom stereocenters. The zero-order valence-electron chi connectivity index (χ0n) is 11.1. The minimum absolute atomic E-state index is 0.227. The molecule has 0 unspecified atom stereocenters. The van der Waals surface area contributed by atoms with Gasteiger partial charge in [0.25, 0.3) is 5.91 Å². The molecule has 1 aliphatic heterocycles. The summed E-state index contributed by atoms with van der Waals surface area (Å²) in [7, 11) is 0. The number of benzene rings is 1. The second-order valence-corrected chi connectivity index (χ2v) is 6.31. The fourth-order valence-electron chi connectivity index (χ4n) is 2.03. The first-order valence-electron chi connectivity index (χ1n) is 6.38. The van der Waals surface area contributed by atoms with E-state index in [4.69, 9.17) is 0 Å². The number of guanidine groups is 1. The zero-order valence-corrected chi connectivity index (χ0v) is 12.7. The van der Waals surface area contributed by atoms with Crippen molar-refractivity contribution in [3.8, 4) is 0 Å². The quantitative estimate of drug-likeness (QED) is 0.709. The Morgan fingerprint density at radius 1 is 1.23 bits per heavy atom. The number of carbonyl (C=O) groups excluding carboxylic acids is 1. The number of carbonyl (C=O) groups is 1. The number of nitrogens with one attached hydrogen (secondary N) is 2. The largest absolute Gasteiger partial charge is 0.326 e. The average Bonchev–Trinajstić information content (AvgIpc) is 3.22. The van der Waals surface area contributed by atoms with Crippen LogP contribution in [0.1, 0.15) is 4.88 Å². The maximum atomic E-state index is 11.9. The van der Waals surface area contributed by atoms with E-state index in [9.17, 15) is 4.79 Å². The number of fused-ring (bicyclic) bond motifs is 1. The van der Waals surface area contributed by atoms with Gasteiger partial charge in [-0.05, 0) is 24.3 Å². The average molecular weight is 327 g/mol. The number of hydrogen-bond donors (Lipinski definition) is 2. The summed E-state index contributed by atoms with van der Waals surface area (Å²) in [5.41, 5.74) is 5.70. The zero-order chi connectivity index (χ0) is 14.9. The molecule has 3 aromatic rings. The van der Waals surface area contributed by atoms with Crippen LogP contribution in [0.3, 0.4) is 0 Å². The summed E-state index contributed by atoms with van der Waals surface area (Å²) in [6.45, 7) is 0. The Bertz CT molecular complexity index is 910. The minimum Gasteiger partial charge on any atom is -0.326 e. The molecule has 108 valence electrons. The molecular weight excluding hydrogens is 318 g/mol. The summed E-state index contributed by atoms with van der Waals surface area (Å²) in [4.78, 5) is 25.3. The van der Waals surface area contributed by atoms with Crippen LogP contribution < -0.4 is 10.6 Å². The third-order valence-electron chi connectivity index (χ3n) is 3.02. The number of hydrogen-bond acceptors (Lipinski definition) is 7. The number of aliphatic imine (C=N–C) groups is 1. The van der Waals surface area contributed by atoms with Crippen LogP contribution in [0.5, 0.6) is 0 Å². The van der Waals surface area contributed by atoms with Gasteiger partial charge in [0.1, 0.15) is 5.70 Å². The normalized spacial score (nSPS) is 16.1. The van der Waals surface area contributed by atoms with E-state index in [1.807, 2.05) is 18.2 Å². The molecule has 8 heteroatoms. The molecule has 1 amide bonds. The lowest BCUT2D eigenvalue weighted by Crippen LogP contribution is -2.29. The molecule has 0 fully saturated rings. The van der Waals surface area contributed by atoms with Crippen LogP contribution in [0.2, 0.25) is 0 Å². The van der Waals surface area contributed by atoms with Crippen LogP contribution in [0.25, 0.3) is 16.3 Å². The van der Waals surface area contributed by atoms with Crippen LogP contribution in [-0.4, -0.2) is 21.8 Å². The molecule has 0 saturated carbocycles. The Kier molecular flexibility index (Phi) is 3.17. The lowest BCUT2D eigenvalue weighted by molar-refractivity contribution is -0.115. The van der Waals surface area contributed by atoms with E-state index >= 15 is 0 Å². The summed E-state index contributed by atoms with van der Waals surface area (Å²) in [6.07, 6.45) is 3.41. The van der Waals surface area contributed by atoms with Gasteiger partial charge in [0, 0.05) is 16.8 Å². The maximum absolute atomic E-state index is 11.9. The highest BCUT2D eigenvalue weighted by Gasteiger charge is 2.20. The van der Waals surface area contributed by atoms with Crippen LogP contribution in [0.15, 0.2) is 46.1 Å². The molecule has 3 heterocycles. The van der Waals surface area contributed by atoms with Gasteiger partial charge in [-0.1, -0.05) is 0 Å². The maximum Gasteiger partial charge on any atom is 0.276 e. The molecule has 1 aliphatic rings. The van der Waals surface area contributed by atoms with E-state index in [-0.39, 0.29) is 5.91 Å².